The molecule has 0 atom stereocenters. The number of amides is 1. The normalized spacial score (nSPS) is 10.2. The van der Waals surface area contributed by atoms with Crippen LogP contribution in [-0.4, -0.2) is 37.1 Å². The number of hydrogen-bond acceptors (Lipinski definition) is 7. The van der Waals surface area contributed by atoms with Crippen molar-refractivity contribution >= 4 is 23.3 Å². The van der Waals surface area contributed by atoms with E-state index in [4.69, 9.17) is 14.2 Å². The zero-order valence-electron chi connectivity index (χ0n) is 16.6. The van der Waals surface area contributed by atoms with Gasteiger partial charge in [-0.1, -0.05) is 6.07 Å². The average molecular weight is 402 g/mol. The summed E-state index contributed by atoms with van der Waals surface area (Å²) in [6.07, 6.45) is 0. The second-order valence-electron chi connectivity index (χ2n) is 6.21. The number of esters is 1. The first kappa shape index (κ1) is 21.7. The van der Waals surface area contributed by atoms with Crippen LogP contribution in [0.4, 0.5) is 11.4 Å². The van der Waals surface area contributed by atoms with Crippen molar-refractivity contribution in [1.82, 2.24) is 0 Å². The molecule has 9 heteroatoms. The summed E-state index contributed by atoms with van der Waals surface area (Å²) in [6, 6.07) is 7.75. The van der Waals surface area contributed by atoms with Gasteiger partial charge in [-0.15, -0.1) is 0 Å². The van der Waals surface area contributed by atoms with E-state index in [2.05, 4.69) is 5.32 Å². The van der Waals surface area contributed by atoms with Crippen molar-refractivity contribution < 1.29 is 28.7 Å². The van der Waals surface area contributed by atoms with Gasteiger partial charge in [0.2, 0.25) is 0 Å². The van der Waals surface area contributed by atoms with Gasteiger partial charge in [0.15, 0.2) is 18.1 Å². The lowest BCUT2D eigenvalue weighted by atomic mass is 10.1. The molecule has 0 heterocycles. The second kappa shape index (κ2) is 9.54. The van der Waals surface area contributed by atoms with E-state index in [-0.39, 0.29) is 23.7 Å². The molecule has 154 valence electrons. The standard InChI is InChI=1S/C20H22N2O7/c1-5-28-18-10-16(22(25)26)15(9-17(18)27-4)20(24)29-11-19(23)21-14-7-12(2)6-13(3)8-14/h6-10H,5,11H2,1-4H3,(H,21,23). The Balaban J connectivity index is 2.15. The van der Waals surface area contributed by atoms with Crippen LogP contribution in [0.15, 0.2) is 30.3 Å². The minimum atomic E-state index is -1.02. The molecule has 29 heavy (non-hydrogen) atoms. The molecule has 0 aromatic heterocycles. The molecular formula is C20H22N2O7. The number of hydrogen-bond donors (Lipinski definition) is 1. The van der Waals surface area contributed by atoms with Crippen LogP contribution in [-0.2, 0) is 9.53 Å². The molecule has 0 aliphatic carbocycles. The second-order valence-corrected chi connectivity index (χ2v) is 6.21. The summed E-state index contributed by atoms with van der Waals surface area (Å²) in [7, 11) is 1.34. The molecule has 2 aromatic rings. The largest absolute Gasteiger partial charge is 0.493 e. The van der Waals surface area contributed by atoms with Crippen molar-refractivity contribution in [2.24, 2.45) is 0 Å². The van der Waals surface area contributed by atoms with Crippen LogP contribution in [0.5, 0.6) is 11.5 Å². The van der Waals surface area contributed by atoms with Gasteiger partial charge in [-0.3, -0.25) is 14.9 Å². The highest BCUT2D eigenvalue weighted by molar-refractivity contribution is 5.98. The third kappa shape index (κ3) is 5.68. The maximum atomic E-state index is 12.4. The zero-order valence-corrected chi connectivity index (χ0v) is 16.6. The first-order valence-electron chi connectivity index (χ1n) is 8.79. The number of aryl methyl sites for hydroxylation is 2. The quantitative estimate of drug-likeness (QED) is 0.408. The number of nitrogens with one attached hydrogen (secondary N) is 1. The fourth-order valence-corrected chi connectivity index (χ4v) is 2.74. The van der Waals surface area contributed by atoms with Gasteiger partial charge >= 0.3 is 5.97 Å². The molecule has 0 saturated heterocycles. The lowest BCUT2D eigenvalue weighted by molar-refractivity contribution is -0.385. The predicted octanol–water partition coefficient (Wildman–Crippen LogP) is 3.41. The Hall–Kier alpha value is -3.62. The number of carbonyl (C=O) groups excluding carboxylic acids is 2. The number of anilines is 1. The SMILES string of the molecule is CCOc1cc([N+](=O)[O-])c(C(=O)OCC(=O)Nc2cc(C)cc(C)c2)cc1OC. The summed E-state index contributed by atoms with van der Waals surface area (Å²) in [5.74, 6) is -1.31. The predicted molar refractivity (Wildman–Crippen MR) is 106 cm³/mol. The first-order chi connectivity index (χ1) is 13.7. The lowest BCUT2D eigenvalue weighted by Gasteiger charge is -2.12. The average Bonchev–Trinajstić information content (AvgIpc) is 2.65. The number of nitro groups is 1. The topological polar surface area (TPSA) is 117 Å². The van der Waals surface area contributed by atoms with Crippen molar-refractivity contribution in [2.45, 2.75) is 20.8 Å². The van der Waals surface area contributed by atoms with E-state index < -0.39 is 29.1 Å². The van der Waals surface area contributed by atoms with Gasteiger partial charge in [0.05, 0.1) is 24.7 Å². The van der Waals surface area contributed by atoms with E-state index >= 15 is 0 Å². The highest BCUT2D eigenvalue weighted by atomic mass is 16.6. The van der Waals surface area contributed by atoms with Gasteiger partial charge in [0, 0.05) is 11.8 Å². The van der Waals surface area contributed by atoms with Crippen LogP contribution in [0.1, 0.15) is 28.4 Å². The third-order valence-electron chi connectivity index (χ3n) is 3.84. The molecular weight excluding hydrogens is 380 g/mol. The molecule has 0 aliphatic heterocycles. The van der Waals surface area contributed by atoms with Crippen molar-refractivity contribution in [3.05, 3.63) is 57.1 Å². The van der Waals surface area contributed by atoms with Crippen LogP contribution in [0.3, 0.4) is 0 Å². The number of nitro benzene ring substituents is 1. The van der Waals surface area contributed by atoms with Crippen molar-refractivity contribution in [2.75, 3.05) is 25.6 Å². The number of benzene rings is 2. The fraction of sp³-hybridized carbons (Fsp3) is 0.300. The van der Waals surface area contributed by atoms with Gasteiger partial charge in [0.1, 0.15) is 5.56 Å². The van der Waals surface area contributed by atoms with Gasteiger partial charge in [-0.25, -0.2) is 4.79 Å². The van der Waals surface area contributed by atoms with E-state index in [1.807, 2.05) is 19.9 Å². The van der Waals surface area contributed by atoms with Gasteiger partial charge < -0.3 is 19.5 Å². The van der Waals surface area contributed by atoms with Crippen molar-refractivity contribution in [3.63, 3.8) is 0 Å². The maximum Gasteiger partial charge on any atom is 0.345 e. The van der Waals surface area contributed by atoms with Gasteiger partial charge in [-0.05, 0) is 44.0 Å². The smallest absolute Gasteiger partial charge is 0.345 e. The molecule has 0 radical (unpaired) electrons. The van der Waals surface area contributed by atoms with Crippen LogP contribution < -0.4 is 14.8 Å². The zero-order chi connectivity index (χ0) is 21.6. The number of ether oxygens (including phenoxy) is 3. The van der Waals surface area contributed by atoms with Crippen molar-refractivity contribution in [3.8, 4) is 11.5 Å². The van der Waals surface area contributed by atoms with E-state index in [9.17, 15) is 19.7 Å². The summed E-state index contributed by atoms with van der Waals surface area (Å²) in [4.78, 5) is 35.1. The molecule has 2 rings (SSSR count). The van der Waals surface area contributed by atoms with Crippen molar-refractivity contribution in [1.29, 1.82) is 0 Å². The minimum Gasteiger partial charge on any atom is -0.493 e. The Morgan fingerprint density at radius 2 is 1.72 bits per heavy atom. The molecule has 9 nitrogen and oxygen atoms in total. The molecule has 0 bridgehead atoms. The van der Waals surface area contributed by atoms with Crippen LogP contribution >= 0.6 is 0 Å². The van der Waals surface area contributed by atoms with Gasteiger partial charge in [0.25, 0.3) is 11.6 Å². The Labute approximate surface area is 167 Å². The molecule has 0 aliphatic rings. The Kier molecular flexibility index (Phi) is 7.13. The summed E-state index contributed by atoms with van der Waals surface area (Å²) in [5.41, 5.74) is 1.66. The van der Waals surface area contributed by atoms with Crippen LogP contribution in [0.2, 0.25) is 0 Å². The molecule has 1 amide bonds. The Bertz CT molecular complexity index is 920. The maximum absolute atomic E-state index is 12.4. The highest BCUT2D eigenvalue weighted by Crippen LogP contribution is 2.35. The number of rotatable bonds is 8. The summed E-state index contributed by atoms with van der Waals surface area (Å²) < 4.78 is 15.4. The number of nitrogens with zero attached hydrogens (tertiary/aromatic N) is 1. The Morgan fingerprint density at radius 1 is 1.07 bits per heavy atom. The summed E-state index contributed by atoms with van der Waals surface area (Å²) in [5, 5.41) is 14.0. The van der Waals surface area contributed by atoms with E-state index in [0.717, 1.165) is 23.3 Å². The van der Waals surface area contributed by atoms with E-state index in [0.29, 0.717) is 5.69 Å². The molecule has 0 fully saturated rings. The third-order valence-corrected chi connectivity index (χ3v) is 3.84. The molecule has 2 aromatic carbocycles. The van der Waals surface area contributed by atoms with Gasteiger partial charge in [-0.2, -0.15) is 0 Å². The van der Waals surface area contributed by atoms with Crippen LogP contribution in [0.25, 0.3) is 0 Å². The summed E-state index contributed by atoms with van der Waals surface area (Å²) in [6.45, 7) is 5.15. The monoisotopic (exact) mass is 402 g/mol. The number of methoxy groups -OCH3 is 1. The Morgan fingerprint density at radius 3 is 2.28 bits per heavy atom. The number of carbonyl (C=O) groups is 2. The molecule has 1 N–H and O–H groups in total. The van der Waals surface area contributed by atoms with E-state index in [1.165, 1.54) is 7.11 Å². The molecule has 0 unspecified atom stereocenters. The lowest BCUT2D eigenvalue weighted by Crippen LogP contribution is -2.21. The molecule has 0 saturated carbocycles. The first-order valence-corrected chi connectivity index (χ1v) is 8.79. The molecule has 0 spiro atoms. The van der Waals surface area contributed by atoms with E-state index in [1.54, 1.807) is 19.1 Å². The fourth-order valence-electron chi connectivity index (χ4n) is 2.74. The minimum absolute atomic E-state index is 0.130. The highest BCUT2D eigenvalue weighted by Gasteiger charge is 2.26. The van der Waals surface area contributed by atoms with Crippen LogP contribution in [0, 0.1) is 24.0 Å². The summed E-state index contributed by atoms with van der Waals surface area (Å²) >= 11 is 0.